The molecule has 1 N–H and O–H groups in total. The van der Waals surface area contributed by atoms with Crippen molar-refractivity contribution in [3.63, 3.8) is 0 Å². The van der Waals surface area contributed by atoms with Crippen LogP contribution in [0.5, 0.6) is 0 Å². The predicted octanol–water partition coefficient (Wildman–Crippen LogP) is 3.08. The average Bonchev–Trinajstić information content (AvgIpc) is 2.21. The first kappa shape index (κ1) is 13.5. The van der Waals surface area contributed by atoms with Gasteiger partial charge in [0.15, 0.2) is 0 Å². The van der Waals surface area contributed by atoms with E-state index < -0.39 is 11.4 Å². The Morgan fingerprint density at radius 3 is 2.25 bits per heavy atom. The lowest BCUT2D eigenvalue weighted by molar-refractivity contribution is -0.153. The van der Waals surface area contributed by atoms with Gasteiger partial charge in [-0.2, -0.15) is 0 Å². The zero-order valence-electron chi connectivity index (χ0n) is 10.7. The molecule has 0 unspecified atom stereocenters. The number of carbonyl (C=O) groups is 1. The van der Waals surface area contributed by atoms with Crippen LogP contribution in [0.3, 0.4) is 0 Å². The highest BCUT2D eigenvalue weighted by Gasteiger charge is 2.43. The molecule has 1 aliphatic rings. The topological polar surface area (TPSA) is 46.5 Å². The van der Waals surface area contributed by atoms with Crippen LogP contribution in [0.4, 0.5) is 0 Å². The molecule has 1 fully saturated rings. The van der Waals surface area contributed by atoms with E-state index in [-0.39, 0.29) is 0 Å². The molecule has 16 heavy (non-hydrogen) atoms. The van der Waals surface area contributed by atoms with Crippen molar-refractivity contribution in [1.82, 2.24) is 0 Å². The Labute approximate surface area is 98.2 Å². The van der Waals surface area contributed by atoms with Crippen LogP contribution in [0.25, 0.3) is 0 Å². The quantitative estimate of drug-likeness (QED) is 0.735. The second kappa shape index (κ2) is 5.17. The van der Waals surface area contributed by atoms with E-state index >= 15 is 0 Å². The lowest BCUT2D eigenvalue weighted by Gasteiger charge is -2.41. The van der Waals surface area contributed by atoms with Crippen molar-refractivity contribution in [3.8, 4) is 0 Å². The molecule has 0 amide bonds. The van der Waals surface area contributed by atoms with E-state index in [0.29, 0.717) is 12.0 Å². The minimum absolute atomic E-state index is 0.320. The van der Waals surface area contributed by atoms with Gasteiger partial charge >= 0.3 is 5.97 Å². The molecule has 0 bridgehead atoms. The van der Waals surface area contributed by atoms with Gasteiger partial charge in [-0.05, 0) is 43.9 Å². The van der Waals surface area contributed by atoms with Crippen LogP contribution >= 0.6 is 0 Å². The molecule has 0 spiro atoms. The van der Waals surface area contributed by atoms with E-state index in [0.717, 1.165) is 38.5 Å². The Kier molecular flexibility index (Phi) is 4.36. The Bertz CT molecular complexity index is 236. The van der Waals surface area contributed by atoms with E-state index in [4.69, 9.17) is 4.74 Å². The average molecular weight is 228 g/mol. The Hall–Kier alpha value is -0.570. The molecule has 3 heteroatoms. The maximum Gasteiger partial charge on any atom is 0.309 e. The molecule has 3 nitrogen and oxygen atoms in total. The molecule has 0 aromatic heterocycles. The summed E-state index contributed by atoms with van der Waals surface area (Å²) in [5, 5.41) is 9.42. The van der Waals surface area contributed by atoms with Crippen molar-refractivity contribution in [1.29, 1.82) is 0 Å². The summed E-state index contributed by atoms with van der Waals surface area (Å²) < 4.78 is 5.01. The van der Waals surface area contributed by atoms with E-state index in [9.17, 15) is 9.90 Å². The Morgan fingerprint density at radius 1 is 1.25 bits per heavy atom. The maximum atomic E-state index is 11.4. The third-order valence-electron chi connectivity index (χ3n) is 4.02. The third kappa shape index (κ3) is 3.21. The third-order valence-corrected chi connectivity index (χ3v) is 4.02. The number of hydrogen-bond acceptors (Lipinski definition) is 2. The molecule has 0 heterocycles. The van der Waals surface area contributed by atoms with Crippen LogP contribution in [0, 0.1) is 10.8 Å². The van der Waals surface area contributed by atoms with Gasteiger partial charge < -0.3 is 9.84 Å². The van der Waals surface area contributed by atoms with Crippen LogP contribution in [-0.2, 0) is 9.53 Å². The molecule has 0 aromatic rings. The second-order valence-corrected chi connectivity index (χ2v) is 5.85. The van der Waals surface area contributed by atoms with Crippen molar-refractivity contribution in [2.75, 3.05) is 13.7 Å². The molecule has 1 saturated carbocycles. The van der Waals surface area contributed by atoms with Gasteiger partial charge in [0.25, 0.3) is 0 Å². The molecule has 1 aliphatic carbocycles. The van der Waals surface area contributed by atoms with Crippen molar-refractivity contribution in [2.24, 2.45) is 10.8 Å². The van der Waals surface area contributed by atoms with Gasteiger partial charge in [-0.3, -0.25) is 4.79 Å². The molecule has 0 atom stereocenters. The minimum Gasteiger partial charge on any atom is -0.481 e. The van der Waals surface area contributed by atoms with Gasteiger partial charge in [0, 0.05) is 13.7 Å². The monoisotopic (exact) mass is 228 g/mol. The molecule has 0 radical (unpaired) electrons. The van der Waals surface area contributed by atoms with Gasteiger partial charge in [0.1, 0.15) is 0 Å². The highest BCUT2D eigenvalue weighted by molar-refractivity contribution is 5.74. The van der Waals surface area contributed by atoms with Crippen LogP contribution in [0.1, 0.15) is 52.4 Å². The SMILES string of the molecule is COCCCC1(C(=O)O)CCC(C)(C)CC1. The zero-order chi connectivity index (χ0) is 12.2. The number of carboxylic acids is 1. The number of ether oxygens (including phenoxy) is 1. The number of rotatable bonds is 5. The normalized spacial score (nSPS) is 22.9. The fraction of sp³-hybridized carbons (Fsp3) is 0.923. The van der Waals surface area contributed by atoms with Gasteiger partial charge in [-0.15, -0.1) is 0 Å². The second-order valence-electron chi connectivity index (χ2n) is 5.85. The predicted molar refractivity (Wildman–Crippen MR) is 63.4 cm³/mol. The Morgan fingerprint density at radius 2 is 1.81 bits per heavy atom. The maximum absolute atomic E-state index is 11.4. The largest absolute Gasteiger partial charge is 0.481 e. The molecule has 0 aliphatic heterocycles. The van der Waals surface area contributed by atoms with Crippen LogP contribution in [-0.4, -0.2) is 24.8 Å². The number of methoxy groups -OCH3 is 1. The lowest BCUT2D eigenvalue weighted by Crippen LogP contribution is -2.38. The van der Waals surface area contributed by atoms with E-state index in [2.05, 4.69) is 13.8 Å². The summed E-state index contributed by atoms with van der Waals surface area (Å²) in [5.41, 5.74) is -0.158. The summed E-state index contributed by atoms with van der Waals surface area (Å²) in [5.74, 6) is -0.612. The highest BCUT2D eigenvalue weighted by Crippen LogP contribution is 2.47. The summed E-state index contributed by atoms with van der Waals surface area (Å²) in [4.78, 5) is 11.4. The fourth-order valence-electron chi connectivity index (χ4n) is 2.53. The first-order chi connectivity index (χ1) is 7.42. The van der Waals surface area contributed by atoms with Crippen molar-refractivity contribution in [2.45, 2.75) is 52.4 Å². The standard InChI is InChI=1S/C13H24O3/c1-12(2)6-8-13(9-7-12,11(14)15)5-4-10-16-3/h4-10H2,1-3H3,(H,14,15). The molecular formula is C13H24O3. The summed E-state index contributed by atoms with van der Waals surface area (Å²) in [6.45, 7) is 5.13. The van der Waals surface area contributed by atoms with Crippen molar-refractivity contribution in [3.05, 3.63) is 0 Å². The molecule has 1 rings (SSSR count). The molecule has 0 saturated heterocycles. The van der Waals surface area contributed by atoms with Gasteiger partial charge in [0.05, 0.1) is 5.41 Å². The van der Waals surface area contributed by atoms with E-state index in [1.807, 2.05) is 0 Å². The van der Waals surface area contributed by atoms with Gasteiger partial charge in [-0.1, -0.05) is 13.8 Å². The molecule has 94 valence electrons. The molecule has 0 aromatic carbocycles. The van der Waals surface area contributed by atoms with Crippen molar-refractivity contribution >= 4 is 5.97 Å². The zero-order valence-corrected chi connectivity index (χ0v) is 10.7. The number of carboxylic acid groups (broad SMARTS) is 1. The first-order valence-electron chi connectivity index (χ1n) is 6.14. The van der Waals surface area contributed by atoms with Gasteiger partial charge in [-0.25, -0.2) is 0 Å². The minimum atomic E-state index is -0.612. The van der Waals surface area contributed by atoms with Crippen LogP contribution in [0.2, 0.25) is 0 Å². The lowest BCUT2D eigenvalue weighted by atomic mass is 9.63. The molecular weight excluding hydrogens is 204 g/mol. The number of aliphatic carboxylic acids is 1. The van der Waals surface area contributed by atoms with Crippen molar-refractivity contribution < 1.29 is 14.6 Å². The Balaban J connectivity index is 2.58. The fourth-order valence-corrected chi connectivity index (χ4v) is 2.53. The summed E-state index contributed by atoms with van der Waals surface area (Å²) >= 11 is 0. The number of hydrogen-bond donors (Lipinski definition) is 1. The highest BCUT2D eigenvalue weighted by atomic mass is 16.5. The van der Waals surface area contributed by atoms with E-state index in [1.165, 1.54) is 0 Å². The van der Waals surface area contributed by atoms with Crippen LogP contribution in [0.15, 0.2) is 0 Å². The first-order valence-corrected chi connectivity index (χ1v) is 6.14. The summed E-state index contributed by atoms with van der Waals surface area (Å²) in [6, 6.07) is 0. The smallest absolute Gasteiger partial charge is 0.309 e. The van der Waals surface area contributed by atoms with Gasteiger partial charge in [0.2, 0.25) is 0 Å². The van der Waals surface area contributed by atoms with E-state index in [1.54, 1.807) is 7.11 Å². The summed E-state index contributed by atoms with van der Waals surface area (Å²) in [6.07, 6.45) is 5.28. The van der Waals surface area contributed by atoms with Crippen LogP contribution < -0.4 is 0 Å². The summed E-state index contributed by atoms with van der Waals surface area (Å²) in [7, 11) is 1.66.